The summed E-state index contributed by atoms with van der Waals surface area (Å²) in [6.07, 6.45) is 1.06. The average Bonchev–Trinajstić information content (AvgIpc) is 3.04. The van der Waals surface area contributed by atoms with Crippen LogP contribution in [0.1, 0.15) is 17.7 Å². The first-order chi connectivity index (χ1) is 8.24. The van der Waals surface area contributed by atoms with Crippen molar-refractivity contribution >= 4 is 15.9 Å². The van der Waals surface area contributed by atoms with Crippen LogP contribution in [0.15, 0.2) is 16.7 Å². The lowest BCUT2D eigenvalue weighted by atomic mass is 9.94. The molecule has 0 radical (unpaired) electrons. The summed E-state index contributed by atoms with van der Waals surface area (Å²) in [5.41, 5.74) is 1.90. The maximum Gasteiger partial charge on any atom is 0.141 e. The maximum atomic E-state index is 5.79. The standard InChI is InChI=1S/C12H14BrNO3/c1-15-6-8-4-9(14-11(13)5-8)12-2-3-16-7-10(12)17-12/h4-5,10H,2-3,6-7H2,1H3. The van der Waals surface area contributed by atoms with Gasteiger partial charge in [-0.1, -0.05) is 0 Å². The van der Waals surface area contributed by atoms with Crippen molar-refractivity contribution in [2.45, 2.75) is 24.7 Å². The Morgan fingerprint density at radius 3 is 3.24 bits per heavy atom. The van der Waals surface area contributed by atoms with E-state index in [9.17, 15) is 0 Å². The van der Waals surface area contributed by atoms with E-state index in [1.165, 1.54) is 0 Å². The van der Waals surface area contributed by atoms with E-state index in [1.807, 2.05) is 6.07 Å². The summed E-state index contributed by atoms with van der Waals surface area (Å²) in [5, 5.41) is 0. The number of pyridine rings is 1. The predicted molar refractivity (Wildman–Crippen MR) is 64.6 cm³/mol. The van der Waals surface area contributed by atoms with Gasteiger partial charge in [0, 0.05) is 20.1 Å². The summed E-state index contributed by atoms with van der Waals surface area (Å²) < 4.78 is 17.2. The predicted octanol–water partition coefficient (Wildman–Crippen LogP) is 2.00. The summed E-state index contributed by atoms with van der Waals surface area (Å²) in [6, 6.07) is 4.04. The van der Waals surface area contributed by atoms with Crippen molar-refractivity contribution in [1.82, 2.24) is 4.98 Å². The van der Waals surface area contributed by atoms with Gasteiger partial charge in [0.1, 0.15) is 16.3 Å². The molecule has 0 aromatic carbocycles. The van der Waals surface area contributed by atoms with Crippen LogP contribution in [0.3, 0.4) is 0 Å². The minimum atomic E-state index is -0.204. The largest absolute Gasteiger partial charge is 0.380 e. The van der Waals surface area contributed by atoms with Gasteiger partial charge in [-0.2, -0.15) is 0 Å². The quantitative estimate of drug-likeness (QED) is 0.632. The van der Waals surface area contributed by atoms with E-state index in [1.54, 1.807) is 7.11 Å². The van der Waals surface area contributed by atoms with Gasteiger partial charge in [-0.3, -0.25) is 0 Å². The topological polar surface area (TPSA) is 43.9 Å². The average molecular weight is 300 g/mol. The molecular formula is C12H14BrNO3. The molecule has 2 aliphatic heterocycles. The van der Waals surface area contributed by atoms with Crippen LogP contribution in [0.2, 0.25) is 0 Å². The molecule has 0 N–H and O–H groups in total. The van der Waals surface area contributed by atoms with Crippen molar-refractivity contribution in [2.75, 3.05) is 20.3 Å². The number of methoxy groups -OCH3 is 1. The van der Waals surface area contributed by atoms with Crippen LogP contribution in [0.5, 0.6) is 0 Å². The zero-order chi connectivity index (χ0) is 11.9. The van der Waals surface area contributed by atoms with Gasteiger partial charge in [0.25, 0.3) is 0 Å². The zero-order valence-corrected chi connectivity index (χ0v) is 11.2. The third kappa shape index (κ3) is 2.01. The van der Waals surface area contributed by atoms with Crippen molar-refractivity contribution in [3.8, 4) is 0 Å². The van der Waals surface area contributed by atoms with Gasteiger partial charge in [-0.15, -0.1) is 0 Å². The van der Waals surface area contributed by atoms with E-state index < -0.39 is 0 Å². The van der Waals surface area contributed by atoms with Gasteiger partial charge in [0.15, 0.2) is 0 Å². The minimum Gasteiger partial charge on any atom is -0.380 e. The Morgan fingerprint density at radius 1 is 1.59 bits per heavy atom. The highest BCUT2D eigenvalue weighted by atomic mass is 79.9. The number of hydrogen-bond acceptors (Lipinski definition) is 4. The Balaban J connectivity index is 1.92. The Bertz CT molecular complexity index is 440. The number of aromatic nitrogens is 1. The van der Waals surface area contributed by atoms with Crippen molar-refractivity contribution < 1.29 is 14.2 Å². The molecule has 1 aromatic heterocycles. The Labute approximate surface area is 108 Å². The highest BCUT2D eigenvalue weighted by Gasteiger charge is 2.60. The number of halogens is 1. The number of ether oxygens (including phenoxy) is 3. The second kappa shape index (κ2) is 4.31. The van der Waals surface area contributed by atoms with Gasteiger partial charge >= 0.3 is 0 Å². The summed E-state index contributed by atoms with van der Waals surface area (Å²) in [5.74, 6) is 0. The molecule has 2 aliphatic rings. The summed E-state index contributed by atoms with van der Waals surface area (Å²) >= 11 is 3.44. The van der Waals surface area contributed by atoms with Gasteiger partial charge in [-0.25, -0.2) is 4.98 Å². The number of nitrogens with zero attached hydrogens (tertiary/aromatic N) is 1. The molecule has 3 rings (SSSR count). The van der Waals surface area contributed by atoms with Crippen LogP contribution in [-0.2, 0) is 26.4 Å². The third-order valence-electron chi connectivity index (χ3n) is 3.30. The van der Waals surface area contributed by atoms with Crippen LogP contribution in [-0.4, -0.2) is 31.4 Å². The van der Waals surface area contributed by atoms with Crippen LogP contribution >= 0.6 is 15.9 Å². The molecule has 0 spiro atoms. The van der Waals surface area contributed by atoms with E-state index in [0.717, 1.165) is 28.9 Å². The molecule has 2 saturated heterocycles. The van der Waals surface area contributed by atoms with Crippen LogP contribution in [0.4, 0.5) is 0 Å². The lowest BCUT2D eigenvalue weighted by molar-refractivity contribution is 0.0966. The normalized spacial score (nSPS) is 31.1. The minimum absolute atomic E-state index is 0.174. The second-order valence-corrected chi connectivity index (χ2v) is 5.25. The van der Waals surface area contributed by atoms with Gasteiger partial charge < -0.3 is 14.2 Å². The maximum absolute atomic E-state index is 5.79. The van der Waals surface area contributed by atoms with Crippen LogP contribution in [0.25, 0.3) is 0 Å². The molecule has 2 fully saturated rings. The molecule has 5 heteroatoms. The lowest BCUT2D eigenvalue weighted by Crippen LogP contribution is -2.25. The Hall–Kier alpha value is -0.490. The van der Waals surface area contributed by atoms with E-state index in [-0.39, 0.29) is 11.7 Å². The molecule has 17 heavy (non-hydrogen) atoms. The molecule has 0 amide bonds. The molecule has 0 aliphatic carbocycles. The smallest absolute Gasteiger partial charge is 0.141 e. The molecule has 1 aromatic rings. The highest BCUT2D eigenvalue weighted by Crippen LogP contribution is 2.51. The molecule has 4 nitrogen and oxygen atoms in total. The SMILES string of the molecule is COCc1cc(Br)nc(C23CCOCC2O3)c1. The fourth-order valence-electron chi connectivity index (χ4n) is 2.39. The molecule has 92 valence electrons. The van der Waals surface area contributed by atoms with Crippen molar-refractivity contribution in [2.24, 2.45) is 0 Å². The van der Waals surface area contributed by atoms with E-state index in [4.69, 9.17) is 14.2 Å². The van der Waals surface area contributed by atoms with Crippen LogP contribution in [0, 0.1) is 0 Å². The van der Waals surface area contributed by atoms with E-state index in [2.05, 4.69) is 27.0 Å². The fraction of sp³-hybridized carbons (Fsp3) is 0.583. The first-order valence-corrected chi connectivity index (χ1v) is 6.45. The van der Waals surface area contributed by atoms with Gasteiger partial charge in [-0.05, 0) is 33.6 Å². The highest BCUT2D eigenvalue weighted by molar-refractivity contribution is 9.10. The van der Waals surface area contributed by atoms with Crippen molar-refractivity contribution in [1.29, 1.82) is 0 Å². The second-order valence-electron chi connectivity index (χ2n) is 4.44. The van der Waals surface area contributed by atoms with Crippen molar-refractivity contribution in [3.05, 3.63) is 28.0 Å². The third-order valence-corrected chi connectivity index (χ3v) is 3.71. The molecule has 3 heterocycles. The monoisotopic (exact) mass is 299 g/mol. The molecule has 2 atom stereocenters. The molecule has 2 unspecified atom stereocenters. The number of hydrogen-bond donors (Lipinski definition) is 0. The lowest BCUT2D eigenvalue weighted by Gasteiger charge is -2.18. The summed E-state index contributed by atoms with van der Waals surface area (Å²) in [7, 11) is 1.69. The molecule has 0 saturated carbocycles. The Kier molecular flexibility index (Phi) is 2.94. The van der Waals surface area contributed by atoms with Crippen molar-refractivity contribution in [3.63, 3.8) is 0 Å². The number of fused-ring (bicyclic) bond motifs is 1. The zero-order valence-electron chi connectivity index (χ0n) is 9.61. The Morgan fingerprint density at radius 2 is 2.47 bits per heavy atom. The summed E-state index contributed by atoms with van der Waals surface area (Å²) in [6.45, 7) is 2.00. The van der Waals surface area contributed by atoms with Crippen LogP contribution < -0.4 is 0 Å². The summed E-state index contributed by atoms with van der Waals surface area (Å²) in [4.78, 5) is 4.53. The first kappa shape index (κ1) is 11.6. The van der Waals surface area contributed by atoms with Gasteiger partial charge in [0.05, 0.1) is 18.9 Å². The fourth-order valence-corrected chi connectivity index (χ4v) is 2.88. The molecule has 0 bridgehead atoms. The van der Waals surface area contributed by atoms with E-state index >= 15 is 0 Å². The number of rotatable bonds is 3. The van der Waals surface area contributed by atoms with Gasteiger partial charge in [0.2, 0.25) is 0 Å². The number of epoxide rings is 1. The first-order valence-electron chi connectivity index (χ1n) is 5.66. The van der Waals surface area contributed by atoms with E-state index in [0.29, 0.717) is 13.2 Å². The molecular weight excluding hydrogens is 286 g/mol.